The van der Waals surface area contributed by atoms with Gasteiger partial charge in [0.15, 0.2) is 0 Å². The Bertz CT molecular complexity index is 1290. The normalized spacial score (nSPS) is 11.3. The molecule has 0 aliphatic rings. The summed E-state index contributed by atoms with van der Waals surface area (Å²) < 4.78 is 2.15. The molecule has 1 aromatic heterocycles. The van der Waals surface area contributed by atoms with Crippen molar-refractivity contribution < 1.29 is 9.59 Å². The van der Waals surface area contributed by atoms with Gasteiger partial charge in [-0.05, 0) is 48.2 Å². The van der Waals surface area contributed by atoms with Crippen LogP contribution < -0.4 is 11.5 Å². The fourth-order valence-corrected chi connectivity index (χ4v) is 4.37. The van der Waals surface area contributed by atoms with Crippen molar-refractivity contribution in [1.82, 2.24) is 4.57 Å². The van der Waals surface area contributed by atoms with E-state index in [9.17, 15) is 9.59 Å². The van der Waals surface area contributed by atoms with Gasteiger partial charge < -0.3 is 16.0 Å². The summed E-state index contributed by atoms with van der Waals surface area (Å²) in [5.41, 5.74) is 16.4. The van der Waals surface area contributed by atoms with Crippen molar-refractivity contribution in [2.45, 2.75) is 39.2 Å². The molecule has 0 unspecified atom stereocenters. The third kappa shape index (κ3) is 3.91. The minimum atomic E-state index is -0.450. The van der Waals surface area contributed by atoms with E-state index in [1.54, 1.807) is 12.1 Å². The van der Waals surface area contributed by atoms with Gasteiger partial charge in [-0.2, -0.15) is 0 Å². The second-order valence-corrected chi connectivity index (χ2v) is 7.98. The van der Waals surface area contributed by atoms with E-state index in [-0.39, 0.29) is 0 Å². The fraction of sp³-hybridized carbons (Fsp3) is 0.231. The second-order valence-electron chi connectivity index (χ2n) is 7.98. The number of aryl methyl sites for hydroxylation is 1. The molecule has 0 saturated carbocycles. The molecule has 0 saturated heterocycles. The SMILES string of the molecule is CCCCCc1ccc2c3c(C(N)=O)cccc3n(Cc3ccccc3C(N)=O)c2c1. The van der Waals surface area contributed by atoms with E-state index < -0.39 is 11.8 Å². The summed E-state index contributed by atoms with van der Waals surface area (Å²) in [5, 5.41) is 1.84. The lowest BCUT2D eigenvalue weighted by atomic mass is 10.0. The molecule has 0 radical (unpaired) electrons. The van der Waals surface area contributed by atoms with Gasteiger partial charge in [0.2, 0.25) is 11.8 Å². The number of primary amides is 2. The molecular weight excluding hydrogens is 386 g/mol. The number of carbonyl (C=O) groups excluding carboxylic acids is 2. The topological polar surface area (TPSA) is 91.1 Å². The summed E-state index contributed by atoms with van der Waals surface area (Å²) in [6, 6.07) is 19.4. The number of carbonyl (C=O) groups is 2. The van der Waals surface area contributed by atoms with E-state index in [4.69, 9.17) is 11.5 Å². The zero-order valence-corrected chi connectivity index (χ0v) is 17.7. The Labute approximate surface area is 181 Å². The minimum absolute atomic E-state index is 0.450. The van der Waals surface area contributed by atoms with Crippen LogP contribution in [-0.4, -0.2) is 16.4 Å². The van der Waals surface area contributed by atoms with Gasteiger partial charge in [0.25, 0.3) is 0 Å². The number of aromatic nitrogens is 1. The summed E-state index contributed by atoms with van der Waals surface area (Å²) >= 11 is 0. The van der Waals surface area contributed by atoms with Gasteiger partial charge >= 0.3 is 0 Å². The second kappa shape index (κ2) is 8.64. The molecule has 0 fully saturated rings. The Morgan fingerprint density at radius 1 is 0.839 bits per heavy atom. The van der Waals surface area contributed by atoms with Crippen molar-refractivity contribution in [3.05, 3.63) is 82.9 Å². The number of fused-ring (bicyclic) bond motifs is 3. The quantitative estimate of drug-likeness (QED) is 0.407. The highest BCUT2D eigenvalue weighted by Gasteiger charge is 2.18. The zero-order chi connectivity index (χ0) is 22.0. The van der Waals surface area contributed by atoms with E-state index >= 15 is 0 Å². The van der Waals surface area contributed by atoms with E-state index in [0.29, 0.717) is 17.7 Å². The average Bonchev–Trinajstić information content (AvgIpc) is 3.07. The van der Waals surface area contributed by atoms with Crippen molar-refractivity contribution >= 4 is 33.6 Å². The van der Waals surface area contributed by atoms with Crippen molar-refractivity contribution in [3.63, 3.8) is 0 Å². The highest BCUT2D eigenvalue weighted by Crippen LogP contribution is 2.33. The first kappa shape index (κ1) is 20.7. The molecule has 31 heavy (non-hydrogen) atoms. The number of benzene rings is 3. The van der Waals surface area contributed by atoms with Gasteiger partial charge in [0.05, 0.1) is 5.52 Å². The van der Waals surface area contributed by atoms with Crippen molar-refractivity contribution in [1.29, 1.82) is 0 Å². The van der Waals surface area contributed by atoms with Crippen LogP contribution in [0.3, 0.4) is 0 Å². The molecule has 4 rings (SSSR count). The monoisotopic (exact) mass is 413 g/mol. The van der Waals surface area contributed by atoms with Crippen LogP contribution in [0.1, 0.15) is 58.0 Å². The van der Waals surface area contributed by atoms with Crippen LogP contribution in [-0.2, 0) is 13.0 Å². The summed E-state index contributed by atoms with van der Waals surface area (Å²) in [6.45, 7) is 2.67. The van der Waals surface area contributed by atoms with Gasteiger partial charge in [0, 0.05) is 34.0 Å². The standard InChI is InChI=1S/C26H27N3O2/c1-2-3-4-8-17-13-14-20-23(15-17)29(16-18-9-5-6-10-19(18)25(27)30)22-12-7-11-21(24(20)22)26(28)31/h5-7,9-15H,2-4,8,16H2,1H3,(H2,27,30)(H2,28,31). The van der Waals surface area contributed by atoms with Crippen molar-refractivity contribution in [3.8, 4) is 0 Å². The largest absolute Gasteiger partial charge is 0.366 e. The van der Waals surface area contributed by atoms with Crippen LogP contribution in [0.15, 0.2) is 60.7 Å². The predicted octanol–water partition coefficient (Wildman–Crippen LogP) is 4.77. The molecule has 158 valence electrons. The van der Waals surface area contributed by atoms with E-state index in [1.165, 1.54) is 18.4 Å². The molecule has 0 spiro atoms. The van der Waals surface area contributed by atoms with Gasteiger partial charge in [-0.25, -0.2) is 0 Å². The Kier molecular flexibility index (Phi) is 5.76. The summed E-state index contributed by atoms with van der Waals surface area (Å²) in [4.78, 5) is 24.1. The maximum Gasteiger partial charge on any atom is 0.249 e. The minimum Gasteiger partial charge on any atom is -0.366 e. The van der Waals surface area contributed by atoms with Gasteiger partial charge in [0.1, 0.15) is 0 Å². The first-order valence-corrected chi connectivity index (χ1v) is 10.7. The number of nitrogens with two attached hydrogens (primary N) is 2. The lowest BCUT2D eigenvalue weighted by Gasteiger charge is -2.11. The van der Waals surface area contributed by atoms with Gasteiger partial charge in [-0.1, -0.05) is 56.2 Å². The number of amides is 2. The summed E-state index contributed by atoms with van der Waals surface area (Å²) in [7, 11) is 0. The maximum atomic E-state index is 12.2. The Morgan fingerprint density at radius 2 is 1.58 bits per heavy atom. The first-order chi connectivity index (χ1) is 15.0. The lowest BCUT2D eigenvalue weighted by molar-refractivity contribution is 0.0992. The number of unbranched alkanes of at least 4 members (excludes halogenated alkanes) is 2. The van der Waals surface area contributed by atoms with E-state index in [0.717, 1.165) is 40.2 Å². The molecule has 1 heterocycles. The molecule has 5 heteroatoms. The van der Waals surface area contributed by atoms with Crippen molar-refractivity contribution in [2.24, 2.45) is 11.5 Å². The van der Waals surface area contributed by atoms with Crippen LogP contribution in [0.2, 0.25) is 0 Å². The fourth-order valence-electron chi connectivity index (χ4n) is 4.37. The first-order valence-electron chi connectivity index (χ1n) is 10.7. The highest BCUT2D eigenvalue weighted by atomic mass is 16.1. The van der Waals surface area contributed by atoms with Crippen LogP contribution in [0.25, 0.3) is 21.8 Å². The summed E-state index contributed by atoms with van der Waals surface area (Å²) in [6.07, 6.45) is 4.51. The average molecular weight is 414 g/mol. The molecule has 2 amide bonds. The molecule has 0 bridgehead atoms. The number of rotatable bonds is 8. The molecule has 0 aliphatic carbocycles. The molecule has 5 nitrogen and oxygen atoms in total. The Morgan fingerprint density at radius 3 is 2.32 bits per heavy atom. The van der Waals surface area contributed by atoms with Crippen LogP contribution in [0, 0.1) is 0 Å². The molecule has 0 atom stereocenters. The molecular formula is C26H27N3O2. The third-order valence-electron chi connectivity index (χ3n) is 5.90. The molecule has 3 aromatic carbocycles. The Hall–Kier alpha value is -3.60. The number of hydrogen-bond acceptors (Lipinski definition) is 2. The highest BCUT2D eigenvalue weighted by molar-refractivity contribution is 6.18. The lowest BCUT2D eigenvalue weighted by Crippen LogP contribution is -2.15. The smallest absolute Gasteiger partial charge is 0.249 e. The maximum absolute atomic E-state index is 12.2. The third-order valence-corrected chi connectivity index (χ3v) is 5.90. The van der Waals surface area contributed by atoms with E-state index in [1.807, 2.05) is 30.3 Å². The van der Waals surface area contributed by atoms with Gasteiger partial charge in [-0.15, -0.1) is 0 Å². The molecule has 0 aliphatic heterocycles. The Balaban J connectivity index is 1.94. The number of hydrogen-bond donors (Lipinski definition) is 2. The molecule has 4 N–H and O–H groups in total. The van der Waals surface area contributed by atoms with Crippen molar-refractivity contribution in [2.75, 3.05) is 0 Å². The van der Waals surface area contributed by atoms with Crippen LogP contribution in [0.5, 0.6) is 0 Å². The van der Waals surface area contributed by atoms with Crippen LogP contribution in [0.4, 0.5) is 0 Å². The number of nitrogens with zero attached hydrogens (tertiary/aromatic N) is 1. The van der Waals surface area contributed by atoms with Gasteiger partial charge in [-0.3, -0.25) is 9.59 Å². The predicted molar refractivity (Wildman–Crippen MR) is 125 cm³/mol. The zero-order valence-electron chi connectivity index (χ0n) is 17.7. The summed E-state index contributed by atoms with van der Waals surface area (Å²) in [5.74, 6) is -0.899. The van der Waals surface area contributed by atoms with Crippen LogP contribution >= 0.6 is 0 Å². The molecule has 4 aromatic rings. The van der Waals surface area contributed by atoms with E-state index in [2.05, 4.69) is 29.7 Å².